The van der Waals surface area contributed by atoms with Crippen molar-refractivity contribution in [3.8, 4) is 0 Å². The first kappa shape index (κ1) is 12.2. The van der Waals surface area contributed by atoms with Crippen molar-refractivity contribution in [2.24, 2.45) is 0 Å². The Bertz CT molecular complexity index is 559. The van der Waals surface area contributed by atoms with Crippen LogP contribution in [0.4, 0.5) is 17.2 Å². The molecule has 0 aliphatic rings. The molecule has 0 aliphatic carbocycles. The van der Waals surface area contributed by atoms with Gasteiger partial charge in [0, 0.05) is 5.69 Å². The quantitative estimate of drug-likeness (QED) is 0.826. The van der Waals surface area contributed by atoms with Crippen LogP contribution in [0.5, 0.6) is 0 Å². The molecule has 88 valence electrons. The maximum absolute atomic E-state index is 5.89. The maximum atomic E-state index is 5.89. The van der Waals surface area contributed by atoms with Crippen molar-refractivity contribution in [3.63, 3.8) is 0 Å². The number of anilines is 3. The molecule has 0 spiro atoms. The van der Waals surface area contributed by atoms with Gasteiger partial charge in [-0.1, -0.05) is 34.8 Å². The predicted octanol–water partition coefficient (Wildman–Crippen LogP) is 3.76. The fourth-order valence-corrected chi connectivity index (χ4v) is 1.62. The molecule has 0 atom stereocenters. The molecule has 2 aromatic rings. The molecule has 0 bridgehead atoms. The maximum Gasteiger partial charge on any atom is 0.158 e. The van der Waals surface area contributed by atoms with Crippen LogP contribution in [0.1, 0.15) is 0 Å². The molecule has 0 aliphatic heterocycles. The van der Waals surface area contributed by atoms with E-state index in [0.717, 1.165) is 0 Å². The number of aromatic nitrogens is 2. The lowest BCUT2D eigenvalue weighted by molar-refractivity contribution is 1.17. The average Bonchev–Trinajstić information content (AvgIpc) is 2.30. The Hall–Kier alpha value is -1.23. The number of nitrogens with one attached hydrogen (secondary N) is 1. The van der Waals surface area contributed by atoms with E-state index >= 15 is 0 Å². The van der Waals surface area contributed by atoms with Gasteiger partial charge in [-0.3, -0.25) is 0 Å². The van der Waals surface area contributed by atoms with Crippen LogP contribution in [0.3, 0.4) is 0 Å². The molecule has 3 N–H and O–H groups in total. The number of hydrogen-bond donors (Lipinski definition) is 2. The van der Waals surface area contributed by atoms with Gasteiger partial charge in [-0.05, 0) is 18.2 Å². The van der Waals surface area contributed by atoms with Gasteiger partial charge in [0.2, 0.25) is 0 Å². The third kappa shape index (κ3) is 2.72. The van der Waals surface area contributed by atoms with Gasteiger partial charge in [0.15, 0.2) is 11.0 Å². The van der Waals surface area contributed by atoms with Crippen LogP contribution >= 0.6 is 34.8 Å². The zero-order valence-electron chi connectivity index (χ0n) is 8.42. The highest BCUT2D eigenvalue weighted by molar-refractivity contribution is 6.42. The van der Waals surface area contributed by atoms with E-state index in [0.29, 0.717) is 21.6 Å². The van der Waals surface area contributed by atoms with E-state index in [9.17, 15) is 0 Å². The molecular weight excluding hydrogens is 282 g/mol. The zero-order valence-corrected chi connectivity index (χ0v) is 10.7. The van der Waals surface area contributed by atoms with Gasteiger partial charge in [-0.2, -0.15) is 0 Å². The Morgan fingerprint density at radius 1 is 1.06 bits per heavy atom. The summed E-state index contributed by atoms with van der Waals surface area (Å²) < 4.78 is 0. The zero-order chi connectivity index (χ0) is 12.4. The second kappa shape index (κ2) is 4.96. The van der Waals surface area contributed by atoms with Crippen LogP contribution in [0.25, 0.3) is 0 Å². The molecule has 0 saturated carbocycles. The van der Waals surface area contributed by atoms with Crippen molar-refractivity contribution in [1.82, 2.24) is 9.97 Å². The lowest BCUT2D eigenvalue weighted by atomic mass is 10.3. The van der Waals surface area contributed by atoms with E-state index in [-0.39, 0.29) is 10.8 Å². The van der Waals surface area contributed by atoms with Gasteiger partial charge in [0.05, 0.1) is 10.0 Å². The molecule has 1 aromatic carbocycles. The Labute approximate surface area is 113 Å². The number of rotatable bonds is 2. The molecule has 0 radical (unpaired) electrons. The Balaban J connectivity index is 2.31. The summed E-state index contributed by atoms with van der Waals surface area (Å²) in [5, 5.41) is 4.09. The molecular formula is C10H7Cl3N4. The second-order valence-corrected chi connectivity index (χ2v) is 4.35. The highest BCUT2D eigenvalue weighted by Gasteiger charge is 2.07. The normalized spacial score (nSPS) is 10.3. The predicted molar refractivity (Wildman–Crippen MR) is 71.2 cm³/mol. The van der Waals surface area contributed by atoms with Crippen molar-refractivity contribution in [2.75, 3.05) is 11.1 Å². The fraction of sp³-hybridized carbons (Fsp3) is 0. The smallest absolute Gasteiger partial charge is 0.158 e. The highest BCUT2D eigenvalue weighted by atomic mass is 35.5. The average molecular weight is 290 g/mol. The van der Waals surface area contributed by atoms with Crippen LogP contribution in [0, 0.1) is 0 Å². The summed E-state index contributed by atoms with van der Waals surface area (Å²) in [6, 6.07) is 5.09. The van der Waals surface area contributed by atoms with Crippen LogP contribution in [0.2, 0.25) is 15.2 Å². The minimum atomic E-state index is 0.197. The summed E-state index contributed by atoms with van der Waals surface area (Å²) in [6.07, 6.45) is 1.32. The number of nitrogens with two attached hydrogens (primary N) is 1. The van der Waals surface area contributed by atoms with E-state index in [2.05, 4.69) is 15.3 Å². The van der Waals surface area contributed by atoms with Crippen LogP contribution in [0.15, 0.2) is 24.5 Å². The number of halogens is 3. The monoisotopic (exact) mass is 288 g/mol. The summed E-state index contributed by atoms with van der Waals surface area (Å²) in [4.78, 5) is 7.73. The van der Waals surface area contributed by atoms with Crippen LogP contribution in [-0.2, 0) is 0 Å². The van der Waals surface area contributed by atoms with Crippen molar-refractivity contribution >= 4 is 52.0 Å². The SMILES string of the molecule is Nc1c(Cl)ncnc1Nc1ccc(Cl)c(Cl)c1. The second-order valence-electron chi connectivity index (χ2n) is 3.18. The molecule has 7 heteroatoms. The van der Waals surface area contributed by atoms with Crippen molar-refractivity contribution < 1.29 is 0 Å². The fourth-order valence-electron chi connectivity index (χ4n) is 1.18. The van der Waals surface area contributed by atoms with E-state index in [1.54, 1.807) is 18.2 Å². The molecule has 1 aromatic heterocycles. The molecule has 0 fully saturated rings. The standard InChI is InChI=1S/C10H7Cl3N4/c11-6-2-1-5(3-7(6)12)17-10-8(14)9(13)15-4-16-10/h1-4H,14H2,(H,15,16,17). The Kier molecular flexibility index (Phi) is 3.57. The minimum Gasteiger partial charge on any atom is -0.393 e. The first-order valence-electron chi connectivity index (χ1n) is 4.56. The van der Waals surface area contributed by atoms with E-state index < -0.39 is 0 Å². The number of hydrogen-bond acceptors (Lipinski definition) is 4. The summed E-state index contributed by atoms with van der Waals surface area (Å²) in [5.74, 6) is 0.420. The first-order valence-corrected chi connectivity index (χ1v) is 5.69. The van der Waals surface area contributed by atoms with Gasteiger partial charge in [0.1, 0.15) is 12.0 Å². The van der Waals surface area contributed by atoms with Crippen LogP contribution < -0.4 is 11.1 Å². The van der Waals surface area contributed by atoms with Crippen LogP contribution in [-0.4, -0.2) is 9.97 Å². The summed E-state index contributed by atoms with van der Waals surface area (Å²) >= 11 is 17.5. The van der Waals surface area contributed by atoms with Gasteiger partial charge < -0.3 is 11.1 Å². The molecule has 0 saturated heterocycles. The number of nitrogens with zero attached hydrogens (tertiary/aromatic N) is 2. The molecule has 17 heavy (non-hydrogen) atoms. The molecule has 1 heterocycles. The lowest BCUT2D eigenvalue weighted by Gasteiger charge is -2.09. The number of nitrogen functional groups attached to an aromatic ring is 1. The van der Waals surface area contributed by atoms with Crippen molar-refractivity contribution in [1.29, 1.82) is 0 Å². The summed E-state index contributed by atoms with van der Waals surface area (Å²) in [7, 11) is 0. The highest BCUT2D eigenvalue weighted by Crippen LogP contribution is 2.29. The van der Waals surface area contributed by atoms with Gasteiger partial charge in [-0.25, -0.2) is 9.97 Å². The van der Waals surface area contributed by atoms with E-state index in [4.69, 9.17) is 40.5 Å². The van der Waals surface area contributed by atoms with Gasteiger partial charge in [-0.15, -0.1) is 0 Å². The Morgan fingerprint density at radius 3 is 2.53 bits per heavy atom. The summed E-state index contributed by atoms with van der Waals surface area (Å²) in [5.41, 5.74) is 6.71. The van der Waals surface area contributed by atoms with Crippen molar-refractivity contribution in [2.45, 2.75) is 0 Å². The molecule has 2 rings (SSSR count). The number of benzene rings is 1. The molecule has 4 nitrogen and oxygen atoms in total. The topological polar surface area (TPSA) is 63.8 Å². The lowest BCUT2D eigenvalue weighted by Crippen LogP contribution is -2.00. The largest absolute Gasteiger partial charge is 0.393 e. The van der Waals surface area contributed by atoms with Crippen molar-refractivity contribution in [3.05, 3.63) is 39.7 Å². The summed E-state index contributed by atoms with van der Waals surface area (Å²) in [6.45, 7) is 0. The Morgan fingerprint density at radius 2 is 1.82 bits per heavy atom. The third-order valence-corrected chi connectivity index (χ3v) is 3.06. The molecule has 0 amide bonds. The molecule has 0 unspecified atom stereocenters. The minimum absolute atomic E-state index is 0.197. The van der Waals surface area contributed by atoms with Gasteiger partial charge in [0.25, 0.3) is 0 Å². The van der Waals surface area contributed by atoms with E-state index in [1.165, 1.54) is 6.33 Å². The third-order valence-electron chi connectivity index (χ3n) is 2.02. The first-order chi connectivity index (χ1) is 8.08. The van der Waals surface area contributed by atoms with E-state index in [1.807, 2.05) is 0 Å². The van der Waals surface area contributed by atoms with Gasteiger partial charge >= 0.3 is 0 Å².